The molecule has 1 aliphatic carbocycles. The minimum Gasteiger partial charge on any atom is -0.324 e. The van der Waals surface area contributed by atoms with Gasteiger partial charge in [0.1, 0.15) is 16.7 Å². The predicted molar refractivity (Wildman–Crippen MR) is 130 cm³/mol. The summed E-state index contributed by atoms with van der Waals surface area (Å²) in [7, 11) is 0. The van der Waals surface area contributed by atoms with Crippen LogP contribution in [0.15, 0.2) is 59.4 Å². The Balaban J connectivity index is 1.69. The highest BCUT2D eigenvalue weighted by Gasteiger charge is 2.27. The number of para-hydroxylation sites is 1. The lowest BCUT2D eigenvalue weighted by Crippen LogP contribution is -2.33. The Morgan fingerprint density at radius 1 is 1.09 bits per heavy atom. The predicted octanol–water partition coefficient (Wildman–Crippen LogP) is 5.51. The summed E-state index contributed by atoms with van der Waals surface area (Å²) in [6, 6.07) is 16.5. The van der Waals surface area contributed by atoms with E-state index in [0.29, 0.717) is 16.9 Å². The van der Waals surface area contributed by atoms with Crippen molar-refractivity contribution in [3.63, 3.8) is 0 Å². The molecule has 0 bridgehead atoms. The van der Waals surface area contributed by atoms with Crippen molar-refractivity contribution in [3.8, 4) is 11.4 Å². The molecule has 1 unspecified atom stereocenters. The van der Waals surface area contributed by atoms with Crippen molar-refractivity contribution >= 4 is 33.1 Å². The van der Waals surface area contributed by atoms with Gasteiger partial charge in [-0.05, 0) is 63.3 Å². The SMILES string of the molecule is Cc1cccc(-c2nc3sc4c(c3c(=O)n2C(C)C(=O)Nc2ccccc2)CCCC4)c1. The van der Waals surface area contributed by atoms with Crippen LogP contribution >= 0.6 is 11.3 Å². The summed E-state index contributed by atoms with van der Waals surface area (Å²) in [5.74, 6) is 0.304. The molecule has 4 aromatic rings. The van der Waals surface area contributed by atoms with Gasteiger partial charge in [0, 0.05) is 16.1 Å². The van der Waals surface area contributed by atoms with Crippen molar-refractivity contribution in [1.82, 2.24) is 9.55 Å². The lowest BCUT2D eigenvalue weighted by atomic mass is 9.97. The molecule has 162 valence electrons. The first-order valence-corrected chi connectivity index (χ1v) is 11.8. The summed E-state index contributed by atoms with van der Waals surface area (Å²) < 4.78 is 1.58. The highest BCUT2D eigenvalue weighted by atomic mass is 32.1. The zero-order chi connectivity index (χ0) is 22.2. The van der Waals surface area contributed by atoms with Crippen LogP contribution in [-0.2, 0) is 17.6 Å². The van der Waals surface area contributed by atoms with Gasteiger partial charge in [-0.2, -0.15) is 0 Å². The van der Waals surface area contributed by atoms with Gasteiger partial charge in [0.05, 0.1) is 5.39 Å². The standard InChI is InChI=1S/C26H25N3O2S/c1-16-9-8-10-18(15-16)23-28-25-22(20-13-6-7-14-21(20)32-25)26(31)29(23)17(2)24(30)27-19-11-4-3-5-12-19/h3-5,8-12,15,17H,6-7,13-14H2,1-2H3,(H,27,30). The number of anilines is 1. The first-order valence-electron chi connectivity index (χ1n) is 11.0. The molecule has 1 aliphatic rings. The molecule has 0 spiro atoms. The Morgan fingerprint density at radius 3 is 2.66 bits per heavy atom. The normalized spacial score (nSPS) is 14.2. The van der Waals surface area contributed by atoms with Crippen LogP contribution in [0.25, 0.3) is 21.6 Å². The highest BCUT2D eigenvalue weighted by Crippen LogP contribution is 2.35. The molecular weight excluding hydrogens is 418 g/mol. The van der Waals surface area contributed by atoms with Crippen molar-refractivity contribution in [2.45, 2.75) is 45.6 Å². The van der Waals surface area contributed by atoms with Crippen LogP contribution in [0.4, 0.5) is 5.69 Å². The summed E-state index contributed by atoms with van der Waals surface area (Å²) in [5.41, 5.74) is 3.64. The largest absolute Gasteiger partial charge is 0.324 e. The number of fused-ring (bicyclic) bond motifs is 3. The maximum atomic E-state index is 13.9. The molecule has 1 atom stereocenters. The average Bonchev–Trinajstić information content (AvgIpc) is 3.18. The Morgan fingerprint density at radius 2 is 1.88 bits per heavy atom. The number of hydrogen-bond donors (Lipinski definition) is 1. The number of carbonyl (C=O) groups excluding carboxylic acids is 1. The van der Waals surface area contributed by atoms with Crippen molar-refractivity contribution in [2.24, 2.45) is 0 Å². The number of hydrogen-bond acceptors (Lipinski definition) is 4. The molecular formula is C26H25N3O2S. The van der Waals surface area contributed by atoms with E-state index in [1.54, 1.807) is 22.8 Å². The minimum absolute atomic E-state index is 0.124. The second-order valence-electron chi connectivity index (χ2n) is 8.40. The smallest absolute Gasteiger partial charge is 0.263 e. The molecule has 0 saturated carbocycles. The third-order valence-electron chi connectivity index (χ3n) is 6.11. The maximum absolute atomic E-state index is 13.9. The lowest BCUT2D eigenvalue weighted by molar-refractivity contribution is -0.118. The third kappa shape index (κ3) is 3.65. The molecule has 32 heavy (non-hydrogen) atoms. The van der Waals surface area contributed by atoms with E-state index in [1.807, 2.05) is 61.5 Å². The van der Waals surface area contributed by atoms with Crippen molar-refractivity contribution in [1.29, 1.82) is 0 Å². The van der Waals surface area contributed by atoms with Gasteiger partial charge in [-0.25, -0.2) is 4.98 Å². The third-order valence-corrected chi connectivity index (χ3v) is 7.29. The first-order chi connectivity index (χ1) is 15.5. The van der Waals surface area contributed by atoms with Gasteiger partial charge in [-0.15, -0.1) is 11.3 Å². The number of benzene rings is 2. The fourth-order valence-corrected chi connectivity index (χ4v) is 5.70. The number of nitrogens with one attached hydrogen (secondary N) is 1. The van der Waals surface area contributed by atoms with Gasteiger partial charge in [0.2, 0.25) is 5.91 Å². The molecule has 2 heterocycles. The fourth-order valence-electron chi connectivity index (χ4n) is 4.45. The van der Waals surface area contributed by atoms with Crippen LogP contribution in [0.1, 0.15) is 41.8 Å². The summed E-state index contributed by atoms with van der Waals surface area (Å²) >= 11 is 1.63. The van der Waals surface area contributed by atoms with Crippen LogP contribution < -0.4 is 10.9 Å². The molecule has 5 nitrogen and oxygen atoms in total. The molecule has 0 aliphatic heterocycles. The highest BCUT2D eigenvalue weighted by molar-refractivity contribution is 7.18. The van der Waals surface area contributed by atoms with E-state index in [9.17, 15) is 9.59 Å². The summed E-state index contributed by atoms with van der Waals surface area (Å²) in [6.07, 6.45) is 4.14. The van der Waals surface area contributed by atoms with Gasteiger partial charge in [-0.3, -0.25) is 14.2 Å². The van der Waals surface area contributed by atoms with E-state index >= 15 is 0 Å². The molecule has 2 aromatic carbocycles. The summed E-state index contributed by atoms with van der Waals surface area (Å²) in [5, 5.41) is 3.63. The number of nitrogens with zero attached hydrogens (tertiary/aromatic N) is 2. The molecule has 0 fully saturated rings. The molecule has 1 amide bonds. The number of aryl methyl sites for hydroxylation is 3. The lowest BCUT2D eigenvalue weighted by Gasteiger charge is -2.20. The quantitative estimate of drug-likeness (QED) is 0.452. The van der Waals surface area contributed by atoms with E-state index in [2.05, 4.69) is 5.32 Å². The number of aromatic nitrogens is 2. The monoisotopic (exact) mass is 443 g/mol. The fraction of sp³-hybridized carbons (Fsp3) is 0.269. The topological polar surface area (TPSA) is 64.0 Å². The van der Waals surface area contributed by atoms with Gasteiger partial charge < -0.3 is 5.32 Å². The van der Waals surface area contributed by atoms with Crippen molar-refractivity contribution in [3.05, 3.63) is 81.0 Å². The Labute approximate surface area is 190 Å². The molecule has 1 N–H and O–H groups in total. The van der Waals surface area contributed by atoms with Crippen LogP contribution in [0.2, 0.25) is 0 Å². The zero-order valence-electron chi connectivity index (χ0n) is 18.2. The number of rotatable bonds is 4. The van der Waals surface area contributed by atoms with Crippen LogP contribution in [0, 0.1) is 6.92 Å². The average molecular weight is 444 g/mol. The maximum Gasteiger partial charge on any atom is 0.263 e. The second-order valence-corrected chi connectivity index (χ2v) is 9.49. The first kappa shape index (κ1) is 20.6. The molecule has 0 radical (unpaired) electrons. The zero-order valence-corrected chi connectivity index (χ0v) is 19.0. The summed E-state index contributed by atoms with van der Waals surface area (Å²) in [4.78, 5) is 34.1. The number of carbonyl (C=O) groups is 1. The Kier molecular flexibility index (Phi) is 5.39. The molecule has 6 heteroatoms. The van der Waals surface area contributed by atoms with Gasteiger partial charge in [-0.1, -0.05) is 42.0 Å². The van der Waals surface area contributed by atoms with Crippen LogP contribution in [0.3, 0.4) is 0 Å². The van der Waals surface area contributed by atoms with Gasteiger partial charge >= 0.3 is 0 Å². The minimum atomic E-state index is -0.714. The second kappa shape index (κ2) is 8.36. The van der Waals surface area contributed by atoms with E-state index in [1.165, 1.54) is 4.88 Å². The van der Waals surface area contributed by atoms with Crippen molar-refractivity contribution in [2.75, 3.05) is 5.32 Å². The van der Waals surface area contributed by atoms with E-state index in [4.69, 9.17) is 4.98 Å². The number of thiophene rings is 1. The molecule has 2 aromatic heterocycles. The Bertz CT molecular complexity index is 1370. The van der Waals surface area contributed by atoms with Crippen LogP contribution in [-0.4, -0.2) is 15.5 Å². The van der Waals surface area contributed by atoms with Crippen LogP contribution in [0.5, 0.6) is 0 Å². The van der Waals surface area contributed by atoms with E-state index in [-0.39, 0.29) is 11.5 Å². The van der Waals surface area contributed by atoms with E-state index in [0.717, 1.165) is 47.2 Å². The molecule has 5 rings (SSSR count). The number of amides is 1. The van der Waals surface area contributed by atoms with Crippen molar-refractivity contribution < 1.29 is 4.79 Å². The van der Waals surface area contributed by atoms with Gasteiger partial charge in [0.25, 0.3) is 5.56 Å². The molecule has 0 saturated heterocycles. The summed E-state index contributed by atoms with van der Waals surface area (Å²) in [6.45, 7) is 3.78. The van der Waals surface area contributed by atoms with E-state index < -0.39 is 6.04 Å². The van der Waals surface area contributed by atoms with Gasteiger partial charge in [0.15, 0.2) is 0 Å². The Hall–Kier alpha value is -3.25.